The molecule has 1 rings (SSSR count). The van der Waals surface area contributed by atoms with Crippen LogP contribution in [0.15, 0.2) is 12.2 Å². The van der Waals surface area contributed by atoms with Crippen molar-refractivity contribution in [2.24, 2.45) is 5.92 Å². The second-order valence-corrected chi connectivity index (χ2v) is 3.36. The van der Waals surface area contributed by atoms with Gasteiger partial charge in [-0.1, -0.05) is 12.2 Å². The van der Waals surface area contributed by atoms with Gasteiger partial charge < -0.3 is 5.11 Å². The Morgan fingerprint density at radius 3 is 2.36 bits per heavy atom. The van der Waals surface area contributed by atoms with E-state index in [2.05, 4.69) is 12.2 Å². The van der Waals surface area contributed by atoms with Crippen LogP contribution in [0.4, 0.5) is 0 Å². The van der Waals surface area contributed by atoms with Crippen molar-refractivity contribution in [1.29, 1.82) is 0 Å². The Bertz CT molecular complexity index is 108. The summed E-state index contributed by atoms with van der Waals surface area (Å²) in [7, 11) is 0. The van der Waals surface area contributed by atoms with E-state index in [-0.39, 0.29) is 0 Å². The van der Waals surface area contributed by atoms with Crippen molar-refractivity contribution in [3.8, 4) is 0 Å². The van der Waals surface area contributed by atoms with E-state index in [4.69, 9.17) is 5.11 Å². The lowest BCUT2D eigenvalue weighted by molar-refractivity contribution is 0.266. The Hall–Kier alpha value is -0.300. The van der Waals surface area contributed by atoms with Crippen LogP contribution in [0.2, 0.25) is 0 Å². The highest BCUT2D eigenvalue weighted by Gasteiger charge is 2.08. The summed E-state index contributed by atoms with van der Waals surface area (Å²) in [6, 6.07) is 0. The average molecular weight is 154 g/mol. The summed E-state index contributed by atoms with van der Waals surface area (Å²) < 4.78 is 0. The first kappa shape index (κ1) is 8.79. The lowest BCUT2D eigenvalue weighted by Crippen LogP contribution is -1.99. The Kier molecular flexibility index (Phi) is 4.29. The van der Waals surface area contributed by atoms with Gasteiger partial charge >= 0.3 is 0 Å². The molecule has 0 unspecified atom stereocenters. The highest BCUT2D eigenvalue weighted by Crippen LogP contribution is 2.22. The maximum Gasteiger partial charge on any atom is 0.0431 e. The molecule has 0 atom stereocenters. The molecule has 0 aliphatic heterocycles. The van der Waals surface area contributed by atoms with Crippen LogP contribution in [-0.2, 0) is 0 Å². The van der Waals surface area contributed by atoms with Gasteiger partial charge in [-0.2, -0.15) is 0 Å². The number of hydrogen-bond acceptors (Lipinski definition) is 1. The number of rotatable bonds is 3. The van der Waals surface area contributed by atoms with E-state index in [1.165, 1.54) is 32.1 Å². The van der Waals surface area contributed by atoms with Gasteiger partial charge in [-0.15, -0.1) is 0 Å². The van der Waals surface area contributed by atoms with Crippen molar-refractivity contribution in [2.75, 3.05) is 6.61 Å². The van der Waals surface area contributed by atoms with Crippen LogP contribution >= 0.6 is 0 Å². The molecule has 0 amide bonds. The Balaban J connectivity index is 2.13. The molecular formula is C10H18O. The highest BCUT2D eigenvalue weighted by molar-refractivity contribution is 4.86. The first-order chi connectivity index (χ1) is 5.43. The van der Waals surface area contributed by atoms with Gasteiger partial charge in [0.1, 0.15) is 0 Å². The van der Waals surface area contributed by atoms with Crippen molar-refractivity contribution in [3.63, 3.8) is 0 Å². The van der Waals surface area contributed by atoms with E-state index in [1.807, 2.05) is 0 Å². The Morgan fingerprint density at radius 2 is 1.82 bits per heavy atom. The van der Waals surface area contributed by atoms with Crippen LogP contribution in [0, 0.1) is 5.92 Å². The van der Waals surface area contributed by atoms with Crippen LogP contribution in [0.25, 0.3) is 0 Å². The van der Waals surface area contributed by atoms with Crippen molar-refractivity contribution in [1.82, 2.24) is 0 Å². The summed E-state index contributed by atoms with van der Waals surface area (Å²) in [6.45, 7) is 0.365. The number of aliphatic hydroxyl groups excluding tert-OH is 1. The quantitative estimate of drug-likeness (QED) is 0.619. The van der Waals surface area contributed by atoms with E-state index < -0.39 is 0 Å². The number of hydrogen-bond donors (Lipinski definition) is 1. The molecule has 0 fully saturated rings. The monoisotopic (exact) mass is 154 g/mol. The Labute approximate surface area is 69.1 Å². The zero-order valence-electron chi connectivity index (χ0n) is 7.13. The molecule has 0 saturated carbocycles. The topological polar surface area (TPSA) is 20.2 Å². The van der Waals surface area contributed by atoms with E-state index in [0.717, 1.165) is 12.3 Å². The fraction of sp³-hybridized carbons (Fsp3) is 0.800. The molecule has 1 nitrogen and oxygen atoms in total. The summed E-state index contributed by atoms with van der Waals surface area (Å²) >= 11 is 0. The van der Waals surface area contributed by atoms with Crippen molar-refractivity contribution >= 4 is 0 Å². The maximum atomic E-state index is 8.65. The van der Waals surface area contributed by atoms with Crippen LogP contribution in [0.5, 0.6) is 0 Å². The third-order valence-corrected chi connectivity index (χ3v) is 2.42. The van der Waals surface area contributed by atoms with Crippen LogP contribution < -0.4 is 0 Å². The molecule has 64 valence electrons. The SMILES string of the molecule is OCCCC1CCC=CCC1. The van der Waals surface area contributed by atoms with Gasteiger partial charge in [-0.3, -0.25) is 0 Å². The molecule has 1 aliphatic rings. The zero-order valence-corrected chi connectivity index (χ0v) is 7.13. The molecule has 0 radical (unpaired) electrons. The molecule has 1 heteroatoms. The van der Waals surface area contributed by atoms with Gasteiger partial charge in [0, 0.05) is 6.61 Å². The molecule has 1 N–H and O–H groups in total. The predicted octanol–water partition coefficient (Wildman–Crippen LogP) is 2.51. The minimum atomic E-state index is 0.365. The van der Waals surface area contributed by atoms with Crippen LogP contribution in [0.1, 0.15) is 38.5 Å². The van der Waals surface area contributed by atoms with Crippen molar-refractivity contribution in [2.45, 2.75) is 38.5 Å². The lowest BCUT2D eigenvalue weighted by Gasteiger charge is -2.11. The summed E-state index contributed by atoms with van der Waals surface area (Å²) in [5, 5.41) is 8.65. The average Bonchev–Trinajstić information content (AvgIpc) is 2.28. The third-order valence-electron chi connectivity index (χ3n) is 2.42. The summed E-state index contributed by atoms with van der Waals surface area (Å²) in [4.78, 5) is 0. The molecule has 1 aliphatic carbocycles. The lowest BCUT2D eigenvalue weighted by atomic mass is 9.95. The summed E-state index contributed by atoms with van der Waals surface area (Å²) in [5.74, 6) is 0.872. The molecule has 0 saturated heterocycles. The minimum Gasteiger partial charge on any atom is -0.396 e. The largest absolute Gasteiger partial charge is 0.396 e. The number of allylic oxidation sites excluding steroid dienone is 2. The van der Waals surface area contributed by atoms with Gasteiger partial charge in [0.2, 0.25) is 0 Å². The first-order valence-electron chi connectivity index (χ1n) is 4.69. The normalized spacial score (nSPS) is 20.1. The smallest absolute Gasteiger partial charge is 0.0431 e. The fourth-order valence-corrected chi connectivity index (χ4v) is 1.71. The van der Waals surface area contributed by atoms with E-state index in [9.17, 15) is 0 Å². The van der Waals surface area contributed by atoms with Gasteiger partial charge in [-0.05, 0) is 44.4 Å². The van der Waals surface area contributed by atoms with Gasteiger partial charge in [0.15, 0.2) is 0 Å². The maximum absolute atomic E-state index is 8.65. The third kappa shape index (κ3) is 3.57. The summed E-state index contributed by atoms with van der Waals surface area (Å²) in [6.07, 6.45) is 11.9. The molecular weight excluding hydrogens is 136 g/mol. The van der Waals surface area contributed by atoms with E-state index in [1.54, 1.807) is 0 Å². The predicted molar refractivity (Wildman–Crippen MR) is 47.4 cm³/mol. The van der Waals surface area contributed by atoms with Crippen molar-refractivity contribution < 1.29 is 5.11 Å². The second kappa shape index (κ2) is 5.36. The van der Waals surface area contributed by atoms with Crippen molar-refractivity contribution in [3.05, 3.63) is 12.2 Å². The van der Waals surface area contributed by atoms with Gasteiger partial charge in [-0.25, -0.2) is 0 Å². The zero-order chi connectivity index (χ0) is 7.94. The molecule has 0 spiro atoms. The number of aliphatic hydroxyl groups is 1. The molecule has 0 aromatic heterocycles. The van der Waals surface area contributed by atoms with Gasteiger partial charge in [0.25, 0.3) is 0 Å². The van der Waals surface area contributed by atoms with Crippen LogP contribution in [0.3, 0.4) is 0 Å². The van der Waals surface area contributed by atoms with Gasteiger partial charge in [0.05, 0.1) is 0 Å². The minimum absolute atomic E-state index is 0.365. The molecule has 0 aromatic carbocycles. The van der Waals surface area contributed by atoms with E-state index in [0.29, 0.717) is 6.61 Å². The molecule has 0 bridgehead atoms. The Morgan fingerprint density at radius 1 is 1.18 bits per heavy atom. The van der Waals surface area contributed by atoms with E-state index >= 15 is 0 Å². The van der Waals surface area contributed by atoms with Crippen LogP contribution in [-0.4, -0.2) is 11.7 Å². The molecule has 11 heavy (non-hydrogen) atoms. The fourth-order valence-electron chi connectivity index (χ4n) is 1.71. The highest BCUT2D eigenvalue weighted by atomic mass is 16.2. The summed E-state index contributed by atoms with van der Waals surface area (Å²) in [5.41, 5.74) is 0. The first-order valence-corrected chi connectivity index (χ1v) is 4.69. The molecule has 0 aromatic rings. The molecule has 0 heterocycles. The second-order valence-electron chi connectivity index (χ2n) is 3.36. The standard InChI is InChI=1S/C10H18O/c11-9-5-8-10-6-3-1-2-4-7-10/h1-2,10-11H,3-9H2.